The van der Waals surface area contributed by atoms with Crippen LogP contribution in [0.4, 0.5) is 0 Å². The van der Waals surface area contributed by atoms with Crippen LogP contribution in [0.5, 0.6) is 0 Å². The molecule has 0 bridgehead atoms. The molecule has 1 aliphatic carbocycles. The summed E-state index contributed by atoms with van der Waals surface area (Å²) in [5.41, 5.74) is 3.44. The largest absolute Gasteiger partial charge is 0.353 e. The number of hydrogen-bond acceptors (Lipinski definition) is 4. The van der Waals surface area contributed by atoms with E-state index >= 15 is 0 Å². The molecule has 1 amide bonds. The number of nitrogens with zero attached hydrogens (tertiary/aromatic N) is 3. The molecule has 6 heteroatoms. The van der Waals surface area contributed by atoms with Gasteiger partial charge in [0, 0.05) is 6.04 Å². The molecule has 1 saturated carbocycles. The standard InChI is InChI=1S/C17H22N4OS/c1-11-4-7-15(12(2)8-11)21-10-18-20-17(21)23-9-16(22)19-13(3)14-5-6-14/h4,7-8,10,13-14H,5-6,9H2,1-3H3,(H,19,22)/t13-/m0/s1. The number of hydrogen-bond donors (Lipinski definition) is 1. The predicted octanol–water partition coefficient (Wildman–Crippen LogP) is 2.89. The van der Waals surface area contributed by atoms with Crippen LogP contribution in [0.25, 0.3) is 5.69 Å². The summed E-state index contributed by atoms with van der Waals surface area (Å²) >= 11 is 1.42. The van der Waals surface area contributed by atoms with Crippen molar-refractivity contribution >= 4 is 17.7 Å². The van der Waals surface area contributed by atoms with Gasteiger partial charge in [0.2, 0.25) is 5.91 Å². The zero-order valence-electron chi connectivity index (χ0n) is 13.7. The molecule has 1 heterocycles. The quantitative estimate of drug-likeness (QED) is 0.827. The van der Waals surface area contributed by atoms with Crippen molar-refractivity contribution in [2.75, 3.05) is 5.75 Å². The maximum atomic E-state index is 12.1. The fourth-order valence-corrected chi connectivity index (χ4v) is 3.44. The van der Waals surface area contributed by atoms with E-state index in [1.54, 1.807) is 6.33 Å². The van der Waals surface area contributed by atoms with Crippen molar-refractivity contribution in [1.29, 1.82) is 0 Å². The lowest BCUT2D eigenvalue weighted by Gasteiger charge is -2.13. The lowest BCUT2D eigenvalue weighted by Crippen LogP contribution is -2.35. The topological polar surface area (TPSA) is 59.8 Å². The van der Waals surface area contributed by atoms with Gasteiger partial charge in [0.1, 0.15) is 6.33 Å². The summed E-state index contributed by atoms with van der Waals surface area (Å²) in [6.07, 6.45) is 4.16. The van der Waals surface area contributed by atoms with Crippen molar-refractivity contribution in [3.63, 3.8) is 0 Å². The summed E-state index contributed by atoms with van der Waals surface area (Å²) in [5.74, 6) is 1.09. The van der Waals surface area contributed by atoms with Crippen LogP contribution < -0.4 is 5.32 Å². The van der Waals surface area contributed by atoms with Gasteiger partial charge in [-0.05, 0) is 51.2 Å². The van der Waals surface area contributed by atoms with E-state index in [0.29, 0.717) is 11.7 Å². The minimum absolute atomic E-state index is 0.0598. The van der Waals surface area contributed by atoms with Gasteiger partial charge in [-0.25, -0.2) is 0 Å². The summed E-state index contributed by atoms with van der Waals surface area (Å²) in [6.45, 7) is 6.23. The number of thioether (sulfide) groups is 1. The van der Waals surface area contributed by atoms with E-state index in [9.17, 15) is 4.79 Å². The first-order valence-electron chi connectivity index (χ1n) is 7.94. The molecule has 1 fully saturated rings. The second-order valence-electron chi connectivity index (χ2n) is 6.26. The normalized spacial score (nSPS) is 15.4. The summed E-state index contributed by atoms with van der Waals surface area (Å²) in [4.78, 5) is 12.1. The first-order chi connectivity index (χ1) is 11.0. The fourth-order valence-electron chi connectivity index (χ4n) is 2.70. The first-order valence-corrected chi connectivity index (χ1v) is 8.93. The van der Waals surface area contributed by atoms with Crippen LogP contribution in [0.15, 0.2) is 29.7 Å². The molecule has 1 atom stereocenters. The molecule has 0 unspecified atom stereocenters. The van der Waals surface area contributed by atoms with Crippen LogP contribution in [0.1, 0.15) is 30.9 Å². The van der Waals surface area contributed by atoms with E-state index in [0.717, 1.165) is 10.8 Å². The van der Waals surface area contributed by atoms with E-state index in [1.165, 1.54) is 35.7 Å². The number of rotatable bonds is 6. The first kappa shape index (κ1) is 16.1. The fraction of sp³-hybridized carbons (Fsp3) is 0.471. The van der Waals surface area contributed by atoms with Crippen LogP contribution in [0.2, 0.25) is 0 Å². The lowest BCUT2D eigenvalue weighted by molar-refractivity contribution is -0.119. The zero-order chi connectivity index (χ0) is 16.4. The summed E-state index contributed by atoms with van der Waals surface area (Å²) in [5, 5.41) is 12.0. The Kier molecular flexibility index (Phi) is 4.71. The Labute approximate surface area is 140 Å². The van der Waals surface area contributed by atoms with E-state index in [2.05, 4.69) is 54.5 Å². The number of amides is 1. The molecule has 122 valence electrons. The Morgan fingerprint density at radius 3 is 2.91 bits per heavy atom. The third kappa shape index (κ3) is 3.93. The molecule has 0 radical (unpaired) electrons. The van der Waals surface area contributed by atoms with Crippen LogP contribution in [0, 0.1) is 19.8 Å². The van der Waals surface area contributed by atoms with Crippen molar-refractivity contribution in [2.24, 2.45) is 5.92 Å². The van der Waals surface area contributed by atoms with Gasteiger partial charge in [0.15, 0.2) is 5.16 Å². The zero-order valence-corrected chi connectivity index (χ0v) is 14.6. The smallest absolute Gasteiger partial charge is 0.230 e. The second-order valence-corrected chi connectivity index (χ2v) is 7.20. The van der Waals surface area contributed by atoms with Crippen molar-refractivity contribution in [3.05, 3.63) is 35.7 Å². The predicted molar refractivity (Wildman–Crippen MR) is 91.9 cm³/mol. The highest BCUT2D eigenvalue weighted by Crippen LogP contribution is 2.32. The summed E-state index contributed by atoms with van der Waals surface area (Å²) < 4.78 is 1.94. The van der Waals surface area contributed by atoms with E-state index in [4.69, 9.17) is 0 Å². The van der Waals surface area contributed by atoms with Crippen molar-refractivity contribution in [1.82, 2.24) is 20.1 Å². The van der Waals surface area contributed by atoms with E-state index in [-0.39, 0.29) is 11.9 Å². The Morgan fingerprint density at radius 1 is 1.43 bits per heavy atom. The Hall–Kier alpha value is -1.82. The highest BCUT2D eigenvalue weighted by Gasteiger charge is 2.28. The maximum Gasteiger partial charge on any atom is 0.230 e. The minimum Gasteiger partial charge on any atom is -0.353 e. The Morgan fingerprint density at radius 2 is 2.22 bits per heavy atom. The van der Waals surface area contributed by atoms with Gasteiger partial charge in [0.05, 0.1) is 11.4 Å². The molecule has 3 rings (SSSR count). The van der Waals surface area contributed by atoms with Gasteiger partial charge >= 0.3 is 0 Å². The number of aromatic nitrogens is 3. The average molecular weight is 330 g/mol. The van der Waals surface area contributed by atoms with Gasteiger partial charge in [-0.2, -0.15) is 0 Å². The molecular weight excluding hydrogens is 308 g/mol. The van der Waals surface area contributed by atoms with Gasteiger partial charge in [-0.1, -0.05) is 29.5 Å². The number of nitrogens with one attached hydrogen (secondary N) is 1. The minimum atomic E-state index is 0.0598. The van der Waals surface area contributed by atoms with Gasteiger partial charge in [0.25, 0.3) is 0 Å². The van der Waals surface area contributed by atoms with Crippen LogP contribution >= 0.6 is 11.8 Å². The molecule has 1 aromatic heterocycles. The molecule has 1 aromatic carbocycles. The Bertz CT molecular complexity index is 708. The molecule has 2 aromatic rings. The maximum absolute atomic E-state index is 12.1. The average Bonchev–Trinajstić information content (AvgIpc) is 3.25. The molecular formula is C17H22N4OS. The molecule has 1 N–H and O–H groups in total. The van der Waals surface area contributed by atoms with Gasteiger partial charge in [-0.3, -0.25) is 9.36 Å². The van der Waals surface area contributed by atoms with Crippen molar-refractivity contribution < 1.29 is 4.79 Å². The summed E-state index contributed by atoms with van der Waals surface area (Å²) in [7, 11) is 0. The highest BCUT2D eigenvalue weighted by molar-refractivity contribution is 7.99. The molecule has 5 nitrogen and oxygen atoms in total. The second kappa shape index (κ2) is 6.74. The van der Waals surface area contributed by atoms with Crippen LogP contribution in [0.3, 0.4) is 0 Å². The third-order valence-electron chi connectivity index (χ3n) is 4.18. The monoisotopic (exact) mass is 330 g/mol. The molecule has 0 spiro atoms. The van der Waals surface area contributed by atoms with Gasteiger partial charge < -0.3 is 5.32 Å². The molecule has 0 saturated heterocycles. The van der Waals surface area contributed by atoms with Gasteiger partial charge in [-0.15, -0.1) is 10.2 Å². The number of carbonyl (C=O) groups is 1. The highest BCUT2D eigenvalue weighted by atomic mass is 32.2. The Balaban J connectivity index is 1.65. The van der Waals surface area contributed by atoms with Crippen LogP contribution in [-0.2, 0) is 4.79 Å². The molecule has 23 heavy (non-hydrogen) atoms. The summed E-state index contributed by atoms with van der Waals surface area (Å²) in [6, 6.07) is 6.54. The van der Waals surface area contributed by atoms with Crippen molar-refractivity contribution in [2.45, 2.75) is 44.8 Å². The number of benzene rings is 1. The lowest BCUT2D eigenvalue weighted by atomic mass is 10.1. The van der Waals surface area contributed by atoms with Crippen molar-refractivity contribution in [3.8, 4) is 5.69 Å². The SMILES string of the molecule is Cc1ccc(-n2cnnc2SCC(=O)N[C@@H](C)C2CC2)c(C)c1. The van der Waals surface area contributed by atoms with Crippen LogP contribution in [-0.4, -0.2) is 32.5 Å². The molecule has 0 aliphatic heterocycles. The molecule has 1 aliphatic rings. The number of aryl methyl sites for hydroxylation is 2. The van der Waals surface area contributed by atoms with E-state index in [1.807, 2.05) is 4.57 Å². The number of carbonyl (C=O) groups excluding carboxylic acids is 1. The third-order valence-corrected chi connectivity index (χ3v) is 5.12. The van der Waals surface area contributed by atoms with E-state index < -0.39 is 0 Å².